The molecule has 1 aromatic carbocycles. The second-order valence-electron chi connectivity index (χ2n) is 6.16. The first kappa shape index (κ1) is 15.8. The molecule has 2 aromatic rings. The number of nitrogens with one attached hydrogen (secondary N) is 1. The Morgan fingerprint density at radius 1 is 1.12 bits per heavy atom. The minimum Gasteiger partial charge on any atom is -0.454 e. The van der Waals surface area contributed by atoms with Gasteiger partial charge in [-0.15, -0.1) is 0 Å². The van der Waals surface area contributed by atoms with Crippen LogP contribution >= 0.6 is 0 Å². The molecule has 4 rings (SSSR count). The Morgan fingerprint density at radius 2 is 1.92 bits per heavy atom. The smallest absolute Gasteiger partial charge is 0.231 e. The van der Waals surface area contributed by atoms with Gasteiger partial charge in [-0.25, -0.2) is 9.97 Å². The Morgan fingerprint density at radius 3 is 2.72 bits per heavy atom. The quantitative estimate of drug-likeness (QED) is 0.855. The van der Waals surface area contributed by atoms with Crippen LogP contribution in [0.3, 0.4) is 0 Å². The second kappa shape index (κ2) is 6.64. The van der Waals surface area contributed by atoms with Gasteiger partial charge in [-0.3, -0.25) is 4.90 Å². The highest BCUT2D eigenvalue weighted by atomic mass is 16.7. The molecular formula is C17H22N6O2. The van der Waals surface area contributed by atoms with Crippen LogP contribution in [0.2, 0.25) is 0 Å². The molecule has 0 unspecified atom stereocenters. The van der Waals surface area contributed by atoms with Crippen LogP contribution in [0.25, 0.3) is 0 Å². The predicted molar refractivity (Wildman–Crippen MR) is 96.0 cm³/mol. The van der Waals surface area contributed by atoms with Crippen molar-refractivity contribution in [1.29, 1.82) is 0 Å². The summed E-state index contributed by atoms with van der Waals surface area (Å²) in [5.41, 5.74) is 8.01. The van der Waals surface area contributed by atoms with E-state index in [9.17, 15) is 0 Å². The zero-order chi connectivity index (χ0) is 17.2. The van der Waals surface area contributed by atoms with Crippen molar-refractivity contribution in [1.82, 2.24) is 14.9 Å². The molecule has 1 saturated heterocycles. The molecular weight excluding hydrogens is 320 g/mol. The molecule has 2 aliphatic heterocycles. The summed E-state index contributed by atoms with van der Waals surface area (Å²) in [6.45, 7) is 4.88. The number of nitrogens with zero attached hydrogens (tertiary/aromatic N) is 4. The van der Waals surface area contributed by atoms with Crippen molar-refractivity contribution in [3.63, 3.8) is 0 Å². The maximum Gasteiger partial charge on any atom is 0.231 e. The molecule has 3 N–H and O–H groups in total. The lowest BCUT2D eigenvalue weighted by Crippen LogP contribution is -2.46. The lowest BCUT2D eigenvalue weighted by molar-refractivity contribution is 0.174. The van der Waals surface area contributed by atoms with Gasteiger partial charge < -0.3 is 25.4 Å². The van der Waals surface area contributed by atoms with E-state index in [0.29, 0.717) is 18.3 Å². The number of aromatic nitrogens is 2. The van der Waals surface area contributed by atoms with Crippen LogP contribution in [0, 0.1) is 0 Å². The highest BCUT2D eigenvalue weighted by molar-refractivity contribution is 5.74. The van der Waals surface area contributed by atoms with Gasteiger partial charge >= 0.3 is 0 Å². The number of piperazine rings is 1. The van der Waals surface area contributed by atoms with Gasteiger partial charge in [0.15, 0.2) is 23.1 Å². The van der Waals surface area contributed by atoms with E-state index in [1.165, 1.54) is 5.56 Å². The number of ether oxygens (including phenoxy) is 2. The van der Waals surface area contributed by atoms with Gasteiger partial charge in [0.25, 0.3) is 0 Å². The standard InChI is InChI=1S/C17H22N6O2/c1-19-16-15(18)17(21-10-20-16)23-6-4-22(5-7-23)9-12-2-3-13-14(8-12)25-11-24-13/h2-3,8,10H,4-7,9,11,18H2,1H3,(H,19,20,21). The van der Waals surface area contributed by atoms with Gasteiger partial charge in [-0.1, -0.05) is 6.07 Å². The first-order valence-electron chi connectivity index (χ1n) is 8.38. The first-order chi connectivity index (χ1) is 12.2. The summed E-state index contributed by atoms with van der Waals surface area (Å²) in [7, 11) is 1.81. The Balaban J connectivity index is 1.39. The van der Waals surface area contributed by atoms with Gasteiger partial charge in [-0.05, 0) is 17.7 Å². The zero-order valence-electron chi connectivity index (χ0n) is 14.2. The lowest BCUT2D eigenvalue weighted by Gasteiger charge is -2.35. The van der Waals surface area contributed by atoms with Crippen molar-refractivity contribution in [2.45, 2.75) is 6.54 Å². The van der Waals surface area contributed by atoms with E-state index >= 15 is 0 Å². The van der Waals surface area contributed by atoms with Crippen LogP contribution in [0.15, 0.2) is 24.5 Å². The Hall–Kier alpha value is -2.74. The molecule has 0 bridgehead atoms. The molecule has 0 atom stereocenters. The Bertz CT molecular complexity index is 761. The molecule has 1 aromatic heterocycles. The van der Waals surface area contributed by atoms with Gasteiger partial charge in [0, 0.05) is 39.8 Å². The molecule has 0 aliphatic carbocycles. The Kier molecular flexibility index (Phi) is 4.19. The van der Waals surface area contributed by atoms with E-state index in [2.05, 4.69) is 37.2 Å². The van der Waals surface area contributed by atoms with Crippen molar-refractivity contribution in [3.05, 3.63) is 30.1 Å². The number of hydrogen-bond acceptors (Lipinski definition) is 8. The monoisotopic (exact) mass is 342 g/mol. The van der Waals surface area contributed by atoms with Crippen molar-refractivity contribution in [2.24, 2.45) is 0 Å². The second-order valence-corrected chi connectivity index (χ2v) is 6.16. The molecule has 0 saturated carbocycles. The van der Waals surface area contributed by atoms with Gasteiger partial charge in [-0.2, -0.15) is 0 Å². The minimum atomic E-state index is 0.312. The fourth-order valence-corrected chi connectivity index (χ4v) is 3.25. The topological polar surface area (TPSA) is 88.8 Å². The summed E-state index contributed by atoms with van der Waals surface area (Å²) in [5.74, 6) is 3.15. The number of anilines is 3. The fourth-order valence-electron chi connectivity index (χ4n) is 3.25. The van der Waals surface area contributed by atoms with E-state index in [0.717, 1.165) is 50.0 Å². The van der Waals surface area contributed by atoms with Gasteiger partial charge in [0.2, 0.25) is 6.79 Å². The molecule has 2 aliphatic rings. The number of nitrogens with two attached hydrogens (primary N) is 1. The number of rotatable bonds is 4. The van der Waals surface area contributed by atoms with Crippen LogP contribution in [0.1, 0.15) is 5.56 Å². The normalized spacial score (nSPS) is 16.9. The van der Waals surface area contributed by atoms with Crippen molar-refractivity contribution in [2.75, 3.05) is 56.0 Å². The summed E-state index contributed by atoms with van der Waals surface area (Å²) in [4.78, 5) is 13.1. The number of hydrogen-bond donors (Lipinski definition) is 2. The molecule has 8 heteroatoms. The van der Waals surface area contributed by atoms with Gasteiger partial charge in [0.05, 0.1) is 0 Å². The Labute approximate surface area is 146 Å². The summed E-state index contributed by atoms with van der Waals surface area (Å²) in [6, 6.07) is 6.15. The third kappa shape index (κ3) is 3.12. The average Bonchev–Trinajstić information content (AvgIpc) is 3.10. The maximum atomic E-state index is 6.17. The highest BCUT2D eigenvalue weighted by Crippen LogP contribution is 2.33. The van der Waals surface area contributed by atoms with E-state index in [1.54, 1.807) is 6.33 Å². The first-order valence-corrected chi connectivity index (χ1v) is 8.38. The van der Waals surface area contributed by atoms with Crippen molar-refractivity contribution >= 4 is 17.3 Å². The van der Waals surface area contributed by atoms with Crippen LogP contribution in [-0.2, 0) is 6.54 Å². The van der Waals surface area contributed by atoms with Crippen LogP contribution in [-0.4, -0.2) is 54.9 Å². The molecule has 0 spiro atoms. The van der Waals surface area contributed by atoms with Crippen LogP contribution in [0.5, 0.6) is 11.5 Å². The summed E-state index contributed by atoms with van der Waals surface area (Å²) < 4.78 is 10.8. The zero-order valence-corrected chi connectivity index (χ0v) is 14.2. The summed E-state index contributed by atoms with van der Waals surface area (Å²) in [5, 5.41) is 3.00. The maximum absolute atomic E-state index is 6.17. The number of nitrogen functional groups attached to an aromatic ring is 1. The average molecular weight is 342 g/mol. The third-order valence-corrected chi connectivity index (χ3v) is 4.61. The largest absolute Gasteiger partial charge is 0.454 e. The summed E-state index contributed by atoms with van der Waals surface area (Å²) in [6.07, 6.45) is 1.55. The van der Waals surface area contributed by atoms with Crippen LogP contribution in [0.4, 0.5) is 17.3 Å². The van der Waals surface area contributed by atoms with E-state index < -0.39 is 0 Å². The van der Waals surface area contributed by atoms with E-state index in [4.69, 9.17) is 15.2 Å². The molecule has 1 fully saturated rings. The fraction of sp³-hybridized carbons (Fsp3) is 0.412. The molecule has 0 radical (unpaired) electrons. The summed E-state index contributed by atoms with van der Waals surface area (Å²) >= 11 is 0. The molecule has 0 amide bonds. The highest BCUT2D eigenvalue weighted by Gasteiger charge is 2.22. The third-order valence-electron chi connectivity index (χ3n) is 4.61. The SMILES string of the molecule is CNc1ncnc(N2CCN(Cc3ccc4c(c3)OCO4)CC2)c1N. The lowest BCUT2D eigenvalue weighted by atomic mass is 10.1. The number of fused-ring (bicyclic) bond motifs is 1. The molecule has 8 nitrogen and oxygen atoms in total. The predicted octanol–water partition coefficient (Wildman–Crippen LogP) is 1.15. The molecule has 3 heterocycles. The van der Waals surface area contributed by atoms with Crippen molar-refractivity contribution in [3.8, 4) is 11.5 Å². The minimum absolute atomic E-state index is 0.312. The number of benzene rings is 1. The van der Waals surface area contributed by atoms with E-state index in [-0.39, 0.29) is 0 Å². The van der Waals surface area contributed by atoms with Gasteiger partial charge in [0.1, 0.15) is 12.0 Å². The van der Waals surface area contributed by atoms with Crippen LogP contribution < -0.4 is 25.4 Å². The van der Waals surface area contributed by atoms with Crippen molar-refractivity contribution < 1.29 is 9.47 Å². The van der Waals surface area contributed by atoms with E-state index in [1.807, 2.05) is 13.1 Å². The molecule has 25 heavy (non-hydrogen) atoms. The molecule has 132 valence electrons.